The number of ketones is 1. The number of rotatable bonds is 10. The molecule has 36 heavy (non-hydrogen) atoms. The summed E-state index contributed by atoms with van der Waals surface area (Å²) in [6.45, 7) is 6.49. The number of carboxylic acid groups (broad SMARTS) is 1. The minimum Gasteiger partial charge on any atom is -0.494 e. The summed E-state index contributed by atoms with van der Waals surface area (Å²) < 4.78 is 22.4. The molecule has 9 nitrogen and oxygen atoms in total. The number of carbonyl (C=O) groups excluding carboxylic acids is 1. The lowest BCUT2D eigenvalue weighted by Crippen LogP contribution is -2.38. The molecule has 10 heteroatoms. The van der Waals surface area contributed by atoms with E-state index in [-0.39, 0.29) is 29.4 Å². The molecule has 2 aromatic carbocycles. The van der Waals surface area contributed by atoms with Crippen LogP contribution in [0.15, 0.2) is 42.6 Å². The van der Waals surface area contributed by atoms with Crippen LogP contribution in [-0.4, -0.2) is 79.9 Å². The zero-order chi connectivity index (χ0) is 24.8. The average molecular weight is 517 g/mol. The van der Waals surface area contributed by atoms with Crippen molar-refractivity contribution in [1.82, 2.24) is 9.88 Å². The van der Waals surface area contributed by atoms with Gasteiger partial charge in [0.05, 0.1) is 32.5 Å². The Labute approximate surface area is 215 Å². The molecule has 0 unspecified atom stereocenters. The molecule has 192 valence electrons. The van der Waals surface area contributed by atoms with E-state index >= 15 is 0 Å². The van der Waals surface area contributed by atoms with Crippen LogP contribution < -0.4 is 14.2 Å². The lowest BCUT2D eigenvalue weighted by atomic mass is 9.99. The molecule has 0 radical (unpaired) electrons. The first-order valence-corrected chi connectivity index (χ1v) is 11.5. The Hall–Kier alpha value is -3.40. The van der Waals surface area contributed by atoms with Crippen molar-refractivity contribution in [2.75, 3.05) is 53.2 Å². The van der Waals surface area contributed by atoms with Gasteiger partial charge in [-0.15, -0.1) is 12.4 Å². The Bertz CT molecular complexity index is 1230. The van der Waals surface area contributed by atoms with E-state index in [1.807, 2.05) is 6.92 Å². The fourth-order valence-electron chi connectivity index (χ4n) is 4.01. The Morgan fingerprint density at radius 3 is 2.53 bits per heavy atom. The molecule has 1 N–H and O–H groups in total. The van der Waals surface area contributed by atoms with Crippen LogP contribution >= 0.6 is 12.4 Å². The molecule has 0 atom stereocenters. The van der Waals surface area contributed by atoms with Crippen LogP contribution in [0.2, 0.25) is 0 Å². The maximum absolute atomic E-state index is 13.4. The van der Waals surface area contributed by atoms with Gasteiger partial charge in [0.1, 0.15) is 18.1 Å². The predicted molar refractivity (Wildman–Crippen MR) is 136 cm³/mol. The molecule has 1 saturated heterocycles. The van der Waals surface area contributed by atoms with Crippen molar-refractivity contribution in [1.29, 1.82) is 0 Å². The lowest BCUT2D eigenvalue weighted by molar-refractivity contribution is 0.0321. The van der Waals surface area contributed by atoms with Gasteiger partial charge in [-0.05, 0) is 31.2 Å². The molecule has 1 fully saturated rings. The zero-order valence-electron chi connectivity index (χ0n) is 20.2. The summed E-state index contributed by atoms with van der Waals surface area (Å²) in [5.41, 5.74) is 0.481. The number of carboxylic acids is 1. The van der Waals surface area contributed by atoms with Gasteiger partial charge in [0.2, 0.25) is 5.78 Å². The van der Waals surface area contributed by atoms with Crippen LogP contribution in [0.5, 0.6) is 17.2 Å². The second kappa shape index (κ2) is 12.5. The smallest absolute Gasteiger partial charge is 0.337 e. The molecule has 0 saturated carbocycles. The van der Waals surface area contributed by atoms with E-state index in [9.17, 15) is 14.7 Å². The molecule has 2 heterocycles. The van der Waals surface area contributed by atoms with Crippen LogP contribution in [0.1, 0.15) is 33.3 Å². The van der Waals surface area contributed by atoms with Gasteiger partial charge in [0.25, 0.3) is 0 Å². The summed E-state index contributed by atoms with van der Waals surface area (Å²) in [4.78, 5) is 31.8. The topological polar surface area (TPSA) is 107 Å². The number of nitrogens with zero attached hydrogens (tertiary/aromatic N) is 2. The number of carbonyl (C=O) groups is 2. The van der Waals surface area contributed by atoms with Crippen molar-refractivity contribution in [2.45, 2.75) is 6.92 Å². The summed E-state index contributed by atoms with van der Waals surface area (Å²) in [6.07, 6.45) is 1.20. The van der Waals surface area contributed by atoms with Crippen LogP contribution in [0.25, 0.3) is 10.8 Å². The molecule has 0 aliphatic carbocycles. The molecule has 0 bridgehead atoms. The fraction of sp³-hybridized carbons (Fsp3) is 0.346. The molecule has 0 amide bonds. The molecule has 1 aromatic heterocycles. The quantitative estimate of drug-likeness (QED) is 0.403. The third-order valence-corrected chi connectivity index (χ3v) is 5.79. The van der Waals surface area contributed by atoms with Crippen LogP contribution in [0, 0.1) is 0 Å². The van der Waals surface area contributed by atoms with Gasteiger partial charge in [0.15, 0.2) is 11.5 Å². The second-order valence-corrected chi connectivity index (χ2v) is 7.97. The van der Waals surface area contributed by atoms with Gasteiger partial charge in [-0.1, -0.05) is 12.1 Å². The first-order valence-electron chi connectivity index (χ1n) is 11.5. The van der Waals surface area contributed by atoms with E-state index in [1.54, 1.807) is 36.4 Å². The summed E-state index contributed by atoms with van der Waals surface area (Å²) >= 11 is 0. The Morgan fingerprint density at radius 2 is 1.83 bits per heavy atom. The minimum atomic E-state index is -1.15. The molecule has 1 aliphatic heterocycles. The zero-order valence-corrected chi connectivity index (χ0v) is 21.0. The Balaban J connectivity index is 0.00000361. The number of ether oxygens (including phenoxy) is 4. The number of halogens is 1. The average Bonchev–Trinajstić information content (AvgIpc) is 2.88. The fourth-order valence-corrected chi connectivity index (χ4v) is 4.01. The monoisotopic (exact) mass is 516 g/mol. The molecule has 4 rings (SSSR count). The highest BCUT2D eigenvalue weighted by Crippen LogP contribution is 2.36. The van der Waals surface area contributed by atoms with Crippen LogP contribution in [0.4, 0.5) is 0 Å². The third kappa shape index (κ3) is 6.04. The van der Waals surface area contributed by atoms with Gasteiger partial charge in [-0.3, -0.25) is 14.7 Å². The molecule has 1 aliphatic rings. The largest absolute Gasteiger partial charge is 0.494 e. The van der Waals surface area contributed by atoms with E-state index in [4.69, 9.17) is 18.9 Å². The molecular formula is C26H29ClN2O7. The Kier molecular flexibility index (Phi) is 9.46. The highest BCUT2D eigenvalue weighted by molar-refractivity contribution is 6.18. The van der Waals surface area contributed by atoms with Gasteiger partial charge in [-0.25, -0.2) is 4.79 Å². The highest BCUT2D eigenvalue weighted by atomic mass is 35.5. The Morgan fingerprint density at radius 1 is 1.08 bits per heavy atom. The van der Waals surface area contributed by atoms with E-state index < -0.39 is 5.97 Å². The number of fused-ring (bicyclic) bond motifs is 1. The van der Waals surface area contributed by atoms with Gasteiger partial charge in [0, 0.05) is 42.2 Å². The van der Waals surface area contributed by atoms with Crippen molar-refractivity contribution in [2.24, 2.45) is 0 Å². The number of methoxy groups -OCH3 is 1. The van der Waals surface area contributed by atoms with Gasteiger partial charge >= 0.3 is 5.97 Å². The van der Waals surface area contributed by atoms with Crippen LogP contribution in [0.3, 0.4) is 0 Å². The molecule has 0 spiro atoms. The van der Waals surface area contributed by atoms with Gasteiger partial charge in [-0.2, -0.15) is 0 Å². The first-order chi connectivity index (χ1) is 17.0. The van der Waals surface area contributed by atoms with Crippen molar-refractivity contribution >= 4 is 34.9 Å². The third-order valence-electron chi connectivity index (χ3n) is 5.79. The van der Waals surface area contributed by atoms with E-state index in [0.717, 1.165) is 13.1 Å². The number of pyridine rings is 1. The number of aromatic carboxylic acids is 1. The predicted octanol–water partition coefficient (Wildman–Crippen LogP) is 3.70. The highest BCUT2D eigenvalue weighted by Gasteiger charge is 2.22. The van der Waals surface area contributed by atoms with E-state index in [0.29, 0.717) is 66.6 Å². The summed E-state index contributed by atoms with van der Waals surface area (Å²) in [7, 11) is 1.50. The number of morpholine rings is 1. The summed E-state index contributed by atoms with van der Waals surface area (Å²) in [5, 5.41) is 10.5. The normalized spacial score (nSPS) is 13.6. The standard InChI is InChI=1S/C26H28N2O7.ClH/c1-3-34-18-6-4-5-17(13-18)25(29)24-20-15-22(32-2)23(14-19(20)21(16-27-24)26(30)31)35-12-9-28-7-10-33-11-8-28;/h4-6,13-16H,3,7-12H2,1-2H3,(H,30,31);1H. The number of aromatic nitrogens is 1. The SMILES string of the molecule is CCOc1cccc(C(=O)c2ncc(C(=O)O)c3cc(OCCN4CCOCC4)c(OC)cc23)c1.Cl. The number of hydrogen-bond acceptors (Lipinski definition) is 8. The maximum atomic E-state index is 13.4. The lowest BCUT2D eigenvalue weighted by Gasteiger charge is -2.26. The van der Waals surface area contributed by atoms with Crippen molar-refractivity contribution in [3.8, 4) is 17.2 Å². The van der Waals surface area contributed by atoms with E-state index in [1.165, 1.54) is 13.3 Å². The first kappa shape index (κ1) is 27.2. The summed E-state index contributed by atoms with van der Waals surface area (Å²) in [6, 6.07) is 10.0. The second-order valence-electron chi connectivity index (χ2n) is 7.97. The van der Waals surface area contributed by atoms with Gasteiger partial charge < -0.3 is 24.1 Å². The van der Waals surface area contributed by atoms with Crippen molar-refractivity contribution in [3.63, 3.8) is 0 Å². The maximum Gasteiger partial charge on any atom is 0.337 e. The minimum absolute atomic E-state index is 0. The number of hydrogen-bond donors (Lipinski definition) is 1. The van der Waals surface area contributed by atoms with Crippen LogP contribution in [-0.2, 0) is 4.74 Å². The number of benzene rings is 2. The van der Waals surface area contributed by atoms with Crippen molar-refractivity contribution in [3.05, 3.63) is 59.4 Å². The van der Waals surface area contributed by atoms with E-state index in [2.05, 4.69) is 9.88 Å². The molecular weight excluding hydrogens is 488 g/mol. The molecule has 3 aromatic rings. The summed E-state index contributed by atoms with van der Waals surface area (Å²) in [5.74, 6) is -0.140. The van der Waals surface area contributed by atoms with Crippen molar-refractivity contribution < 1.29 is 33.6 Å².